The largest absolute Gasteiger partial charge is 0.356 e. The molecular weight excluding hydrogens is 487 g/mol. The summed E-state index contributed by atoms with van der Waals surface area (Å²) >= 11 is 0. The number of rotatable bonds is 8. The predicted octanol–water partition coefficient (Wildman–Crippen LogP) is 2.74. The summed E-state index contributed by atoms with van der Waals surface area (Å²) in [6, 6.07) is 14.9. The standard InChI is InChI=1S/C23H34N6.HI/c1-3-28-14-16-29(17-15-28)19-21-9-7-20(8-10-21)18-27-23(24-2)26-13-11-22-6-4-5-12-25-22;/h4-10,12H,3,11,13-19H2,1-2H3,(H2,24,26,27);1H. The smallest absolute Gasteiger partial charge is 0.191 e. The van der Waals surface area contributed by atoms with Crippen molar-refractivity contribution in [1.82, 2.24) is 25.4 Å². The Morgan fingerprint density at radius 1 is 0.967 bits per heavy atom. The van der Waals surface area contributed by atoms with Gasteiger partial charge in [0.1, 0.15) is 0 Å². The molecule has 0 amide bonds. The molecule has 1 aliphatic rings. The maximum absolute atomic E-state index is 4.35. The third-order valence-electron chi connectivity index (χ3n) is 5.42. The first-order valence-corrected chi connectivity index (χ1v) is 10.6. The second-order valence-electron chi connectivity index (χ2n) is 7.45. The zero-order valence-corrected chi connectivity index (χ0v) is 20.5. The molecule has 0 aliphatic carbocycles. The van der Waals surface area contributed by atoms with Crippen LogP contribution in [0.5, 0.6) is 0 Å². The zero-order chi connectivity index (χ0) is 20.3. The molecule has 1 aromatic carbocycles. The SMILES string of the molecule is CCN1CCN(Cc2ccc(CNC(=NC)NCCc3ccccn3)cc2)CC1.I. The summed E-state index contributed by atoms with van der Waals surface area (Å²) in [5.74, 6) is 0.818. The molecule has 2 heterocycles. The van der Waals surface area contributed by atoms with E-state index in [1.807, 2.05) is 24.4 Å². The molecule has 2 aromatic rings. The van der Waals surface area contributed by atoms with Gasteiger partial charge in [0, 0.05) is 71.2 Å². The van der Waals surface area contributed by atoms with Gasteiger partial charge in [0.15, 0.2) is 5.96 Å². The number of aliphatic imine (C=N–C) groups is 1. The summed E-state index contributed by atoms with van der Waals surface area (Å²) in [6.07, 6.45) is 2.71. The second-order valence-corrected chi connectivity index (χ2v) is 7.45. The fourth-order valence-corrected chi connectivity index (χ4v) is 3.55. The summed E-state index contributed by atoms with van der Waals surface area (Å²) < 4.78 is 0. The van der Waals surface area contributed by atoms with Crippen LogP contribution in [-0.4, -0.2) is 67.1 Å². The van der Waals surface area contributed by atoms with E-state index >= 15 is 0 Å². The van der Waals surface area contributed by atoms with E-state index in [0.29, 0.717) is 0 Å². The lowest BCUT2D eigenvalue weighted by atomic mass is 10.1. The highest BCUT2D eigenvalue weighted by atomic mass is 127. The van der Waals surface area contributed by atoms with Crippen molar-refractivity contribution in [2.75, 3.05) is 46.3 Å². The fourth-order valence-electron chi connectivity index (χ4n) is 3.55. The van der Waals surface area contributed by atoms with Crippen molar-refractivity contribution in [2.24, 2.45) is 4.99 Å². The molecular formula is C23H35IN6. The highest BCUT2D eigenvalue weighted by molar-refractivity contribution is 14.0. The Morgan fingerprint density at radius 2 is 1.67 bits per heavy atom. The Morgan fingerprint density at radius 3 is 2.30 bits per heavy atom. The molecule has 0 bridgehead atoms. The number of benzene rings is 1. The molecule has 1 aromatic heterocycles. The van der Waals surface area contributed by atoms with E-state index in [2.05, 4.69) is 61.6 Å². The number of aromatic nitrogens is 1. The van der Waals surface area contributed by atoms with Crippen LogP contribution in [0.4, 0.5) is 0 Å². The minimum atomic E-state index is 0. The number of piperazine rings is 1. The molecule has 1 fully saturated rings. The topological polar surface area (TPSA) is 55.8 Å². The van der Waals surface area contributed by atoms with Crippen LogP contribution in [0.15, 0.2) is 53.7 Å². The van der Waals surface area contributed by atoms with E-state index in [9.17, 15) is 0 Å². The number of nitrogens with zero attached hydrogens (tertiary/aromatic N) is 4. The lowest BCUT2D eigenvalue weighted by Gasteiger charge is -2.34. The monoisotopic (exact) mass is 522 g/mol. The number of nitrogens with one attached hydrogen (secondary N) is 2. The number of guanidine groups is 1. The molecule has 0 spiro atoms. The third kappa shape index (κ3) is 8.20. The Bertz CT molecular complexity index is 742. The molecule has 1 saturated heterocycles. The van der Waals surface area contributed by atoms with E-state index in [-0.39, 0.29) is 24.0 Å². The van der Waals surface area contributed by atoms with Gasteiger partial charge in [0.25, 0.3) is 0 Å². The number of likely N-dealkylation sites (N-methyl/N-ethyl adjacent to an activating group) is 1. The lowest BCUT2D eigenvalue weighted by Crippen LogP contribution is -2.45. The third-order valence-corrected chi connectivity index (χ3v) is 5.42. The zero-order valence-electron chi connectivity index (χ0n) is 18.2. The van der Waals surface area contributed by atoms with Crippen molar-refractivity contribution in [1.29, 1.82) is 0 Å². The molecule has 164 valence electrons. The average Bonchev–Trinajstić information content (AvgIpc) is 2.78. The van der Waals surface area contributed by atoms with Gasteiger partial charge in [0.2, 0.25) is 0 Å². The number of halogens is 1. The fraction of sp³-hybridized carbons (Fsp3) is 0.478. The molecule has 6 nitrogen and oxygen atoms in total. The van der Waals surface area contributed by atoms with E-state index < -0.39 is 0 Å². The van der Waals surface area contributed by atoms with Crippen LogP contribution in [0.25, 0.3) is 0 Å². The maximum Gasteiger partial charge on any atom is 0.191 e. The highest BCUT2D eigenvalue weighted by Gasteiger charge is 2.15. The van der Waals surface area contributed by atoms with Gasteiger partial charge in [-0.05, 0) is 29.8 Å². The first-order valence-electron chi connectivity index (χ1n) is 10.6. The minimum Gasteiger partial charge on any atom is -0.356 e. The Labute approximate surface area is 198 Å². The normalized spacial score (nSPS) is 15.5. The molecule has 30 heavy (non-hydrogen) atoms. The molecule has 3 rings (SSSR count). The van der Waals surface area contributed by atoms with E-state index in [4.69, 9.17) is 0 Å². The quantitative estimate of drug-likeness (QED) is 0.318. The van der Waals surface area contributed by atoms with Gasteiger partial charge in [-0.2, -0.15) is 0 Å². The average molecular weight is 522 g/mol. The summed E-state index contributed by atoms with van der Waals surface area (Å²) in [5.41, 5.74) is 3.73. The first-order chi connectivity index (χ1) is 14.3. The number of hydrogen-bond donors (Lipinski definition) is 2. The van der Waals surface area contributed by atoms with Crippen molar-refractivity contribution in [3.05, 3.63) is 65.5 Å². The van der Waals surface area contributed by atoms with Crippen LogP contribution in [-0.2, 0) is 19.5 Å². The Kier molecular flexibility index (Phi) is 11.1. The maximum atomic E-state index is 4.35. The first kappa shape index (κ1) is 24.6. The molecule has 1 aliphatic heterocycles. The molecule has 2 N–H and O–H groups in total. The summed E-state index contributed by atoms with van der Waals surface area (Å²) in [5, 5.41) is 6.74. The Balaban J connectivity index is 0.00000320. The van der Waals surface area contributed by atoms with E-state index in [1.54, 1.807) is 7.05 Å². The van der Waals surface area contributed by atoms with Crippen LogP contribution in [0.3, 0.4) is 0 Å². The Hall–Kier alpha value is -1.71. The van der Waals surface area contributed by atoms with Gasteiger partial charge in [-0.15, -0.1) is 24.0 Å². The highest BCUT2D eigenvalue weighted by Crippen LogP contribution is 2.10. The van der Waals surface area contributed by atoms with Gasteiger partial charge >= 0.3 is 0 Å². The molecule has 0 radical (unpaired) electrons. The molecule has 7 heteroatoms. The molecule has 0 atom stereocenters. The van der Waals surface area contributed by atoms with Gasteiger partial charge in [-0.1, -0.05) is 37.3 Å². The van der Waals surface area contributed by atoms with Crippen LogP contribution < -0.4 is 10.6 Å². The van der Waals surface area contributed by atoms with Crippen LogP contribution in [0, 0.1) is 0 Å². The summed E-state index contributed by atoms with van der Waals surface area (Å²) in [7, 11) is 1.80. The predicted molar refractivity (Wildman–Crippen MR) is 135 cm³/mol. The number of hydrogen-bond acceptors (Lipinski definition) is 4. The number of pyridine rings is 1. The van der Waals surface area contributed by atoms with Crippen molar-refractivity contribution in [3.63, 3.8) is 0 Å². The minimum absolute atomic E-state index is 0. The second kappa shape index (κ2) is 13.6. The van der Waals surface area contributed by atoms with Crippen LogP contribution in [0.1, 0.15) is 23.7 Å². The summed E-state index contributed by atoms with van der Waals surface area (Å²) in [4.78, 5) is 13.7. The lowest BCUT2D eigenvalue weighted by molar-refractivity contribution is 0.132. The van der Waals surface area contributed by atoms with Crippen LogP contribution >= 0.6 is 24.0 Å². The van der Waals surface area contributed by atoms with E-state index in [0.717, 1.165) is 57.3 Å². The van der Waals surface area contributed by atoms with Gasteiger partial charge in [-0.3, -0.25) is 14.9 Å². The van der Waals surface area contributed by atoms with Crippen LogP contribution in [0.2, 0.25) is 0 Å². The molecule has 0 saturated carbocycles. The van der Waals surface area contributed by atoms with Gasteiger partial charge in [0.05, 0.1) is 0 Å². The summed E-state index contributed by atoms with van der Waals surface area (Å²) in [6.45, 7) is 10.7. The van der Waals surface area contributed by atoms with E-state index in [1.165, 1.54) is 24.2 Å². The van der Waals surface area contributed by atoms with Gasteiger partial charge in [-0.25, -0.2) is 0 Å². The van der Waals surface area contributed by atoms with Crippen molar-refractivity contribution >= 4 is 29.9 Å². The van der Waals surface area contributed by atoms with Crippen molar-refractivity contribution in [3.8, 4) is 0 Å². The van der Waals surface area contributed by atoms with Gasteiger partial charge < -0.3 is 15.5 Å². The van der Waals surface area contributed by atoms with Crippen molar-refractivity contribution < 1.29 is 0 Å². The molecule has 0 unspecified atom stereocenters. The van der Waals surface area contributed by atoms with Crippen molar-refractivity contribution in [2.45, 2.75) is 26.4 Å².